The van der Waals surface area contributed by atoms with E-state index < -0.39 is 23.6 Å². The number of Topliss-reactive ketones (excluding diaryl/α,β-unsaturated/α-hetero) is 1. The summed E-state index contributed by atoms with van der Waals surface area (Å²) in [5.74, 6) is -1.70. The van der Waals surface area contributed by atoms with E-state index in [1.54, 1.807) is 30.3 Å². The number of para-hydroxylation sites is 1. The summed E-state index contributed by atoms with van der Waals surface area (Å²) in [5.41, 5.74) is 12.1. The van der Waals surface area contributed by atoms with Gasteiger partial charge in [0.2, 0.25) is 11.9 Å². The molecule has 0 saturated heterocycles. The van der Waals surface area contributed by atoms with E-state index in [2.05, 4.69) is 15.5 Å². The van der Waals surface area contributed by atoms with E-state index in [0.717, 1.165) is 0 Å². The van der Waals surface area contributed by atoms with Crippen LogP contribution in [0.5, 0.6) is 0 Å². The third-order valence-electron chi connectivity index (χ3n) is 3.27. The highest BCUT2D eigenvalue weighted by molar-refractivity contribution is 6.10. The van der Waals surface area contributed by atoms with Crippen molar-refractivity contribution < 1.29 is 14.4 Å². The van der Waals surface area contributed by atoms with Crippen molar-refractivity contribution in [2.75, 3.05) is 11.1 Å². The lowest BCUT2D eigenvalue weighted by Crippen LogP contribution is -2.31. The highest BCUT2D eigenvalue weighted by atomic mass is 16.2. The van der Waals surface area contributed by atoms with Crippen LogP contribution in [0.2, 0.25) is 0 Å². The van der Waals surface area contributed by atoms with Crippen molar-refractivity contribution in [2.45, 2.75) is 13.0 Å². The number of nitrogens with two attached hydrogens (primary N) is 2. The number of nitrogens with zero attached hydrogens (tertiary/aromatic N) is 2. The number of rotatable bonds is 6. The molecule has 0 aromatic heterocycles. The molecular weight excluding hydrogens is 322 g/mol. The van der Waals surface area contributed by atoms with Crippen molar-refractivity contribution in [1.82, 2.24) is 0 Å². The number of benzene rings is 2. The van der Waals surface area contributed by atoms with Gasteiger partial charge in [0.1, 0.15) is 5.69 Å². The molecule has 0 bridgehead atoms. The van der Waals surface area contributed by atoms with Crippen molar-refractivity contribution in [2.24, 2.45) is 16.0 Å². The molecule has 0 heterocycles. The molecule has 2 aromatic carbocycles. The van der Waals surface area contributed by atoms with Crippen LogP contribution < -0.4 is 16.8 Å². The van der Waals surface area contributed by atoms with Gasteiger partial charge in [0.25, 0.3) is 5.91 Å². The van der Waals surface area contributed by atoms with Gasteiger partial charge in [-0.1, -0.05) is 18.2 Å². The molecule has 0 radical (unpaired) electrons. The second-order valence-corrected chi connectivity index (χ2v) is 5.22. The molecule has 0 aliphatic rings. The third kappa shape index (κ3) is 4.71. The number of nitrogen functional groups attached to an aromatic ring is 1. The first-order valence-electron chi connectivity index (χ1n) is 7.35. The summed E-state index contributed by atoms with van der Waals surface area (Å²) in [6, 6.07) is 11.6. The van der Waals surface area contributed by atoms with Crippen LogP contribution in [-0.4, -0.2) is 23.6 Å². The number of nitrogens with one attached hydrogen (secondary N) is 1. The quantitative estimate of drug-likeness (QED) is 0.421. The van der Waals surface area contributed by atoms with Crippen molar-refractivity contribution in [3.05, 3.63) is 54.1 Å². The van der Waals surface area contributed by atoms with Crippen molar-refractivity contribution in [3.63, 3.8) is 0 Å². The summed E-state index contributed by atoms with van der Waals surface area (Å²) in [6.07, 6.45) is 0. The number of hydrogen-bond acceptors (Lipinski definition) is 6. The molecule has 2 amide bonds. The molecule has 0 spiro atoms. The van der Waals surface area contributed by atoms with Gasteiger partial charge in [-0.2, -0.15) is 10.2 Å². The van der Waals surface area contributed by atoms with Crippen LogP contribution in [0.25, 0.3) is 0 Å². The molecule has 128 valence electrons. The van der Waals surface area contributed by atoms with Gasteiger partial charge in [-0.15, -0.1) is 0 Å². The predicted octanol–water partition coefficient (Wildman–Crippen LogP) is 2.05. The van der Waals surface area contributed by atoms with Crippen molar-refractivity contribution in [3.8, 4) is 0 Å². The maximum Gasteiger partial charge on any atom is 0.258 e. The SMILES string of the molecule is CC(=O)C(N=Nc1ccc(C(N)=O)cc1N)C(=O)Nc1ccccc1. The number of carbonyl (C=O) groups is 3. The van der Waals surface area contributed by atoms with E-state index in [1.165, 1.54) is 25.1 Å². The van der Waals surface area contributed by atoms with Crippen molar-refractivity contribution >= 4 is 34.7 Å². The topological polar surface area (TPSA) is 140 Å². The van der Waals surface area contributed by atoms with Crippen LogP contribution in [-0.2, 0) is 9.59 Å². The van der Waals surface area contributed by atoms with E-state index in [-0.39, 0.29) is 16.9 Å². The van der Waals surface area contributed by atoms with Gasteiger partial charge in [0.15, 0.2) is 5.78 Å². The first-order chi connectivity index (χ1) is 11.9. The van der Waals surface area contributed by atoms with Gasteiger partial charge >= 0.3 is 0 Å². The molecule has 2 aromatic rings. The van der Waals surface area contributed by atoms with E-state index >= 15 is 0 Å². The zero-order valence-electron chi connectivity index (χ0n) is 13.5. The van der Waals surface area contributed by atoms with Crippen LogP contribution >= 0.6 is 0 Å². The lowest BCUT2D eigenvalue weighted by Gasteiger charge is -2.09. The van der Waals surface area contributed by atoms with Gasteiger partial charge in [0, 0.05) is 11.3 Å². The molecule has 5 N–H and O–H groups in total. The van der Waals surface area contributed by atoms with E-state index in [0.29, 0.717) is 5.69 Å². The highest BCUT2D eigenvalue weighted by Crippen LogP contribution is 2.24. The number of amides is 2. The van der Waals surface area contributed by atoms with Gasteiger partial charge in [-0.05, 0) is 37.3 Å². The van der Waals surface area contributed by atoms with Crippen LogP contribution in [0.4, 0.5) is 17.1 Å². The fourth-order valence-electron chi connectivity index (χ4n) is 1.97. The Morgan fingerprint density at radius 2 is 1.76 bits per heavy atom. The molecule has 0 fully saturated rings. The second-order valence-electron chi connectivity index (χ2n) is 5.22. The Labute approximate surface area is 143 Å². The number of azo groups is 1. The van der Waals surface area contributed by atoms with Gasteiger partial charge in [-0.25, -0.2) is 0 Å². The molecule has 0 aliphatic carbocycles. The molecule has 0 aliphatic heterocycles. The maximum atomic E-state index is 12.2. The normalized spacial score (nSPS) is 11.9. The Morgan fingerprint density at radius 1 is 1.08 bits per heavy atom. The van der Waals surface area contributed by atoms with Crippen LogP contribution in [0, 0.1) is 0 Å². The minimum atomic E-state index is -1.31. The fraction of sp³-hybridized carbons (Fsp3) is 0.118. The Kier molecular flexibility index (Phi) is 5.57. The summed E-state index contributed by atoms with van der Waals surface area (Å²) in [4.78, 5) is 35.0. The Morgan fingerprint density at radius 3 is 2.32 bits per heavy atom. The van der Waals surface area contributed by atoms with Gasteiger partial charge < -0.3 is 16.8 Å². The average molecular weight is 339 g/mol. The summed E-state index contributed by atoms with van der Waals surface area (Å²) in [6.45, 7) is 1.24. The van der Waals surface area contributed by atoms with Crippen molar-refractivity contribution in [1.29, 1.82) is 0 Å². The van der Waals surface area contributed by atoms with E-state index in [1.807, 2.05) is 0 Å². The number of carbonyl (C=O) groups excluding carboxylic acids is 3. The van der Waals surface area contributed by atoms with Crippen LogP contribution in [0.15, 0.2) is 58.8 Å². The summed E-state index contributed by atoms with van der Waals surface area (Å²) in [7, 11) is 0. The first-order valence-corrected chi connectivity index (χ1v) is 7.35. The number of anilines is 2. The number of primary amides is 1. The Balaban J connectivity index is 2.18. The summed E-state index contributed by atoms with van der Waals surface area (Å²) >= 11 is 0. The zero-order valence-corrected chi connectivity index (χ0v) is 13.5. The molecule has 25 heavy (non-hydrogen) atoms. The second kappa shape index (κ2) is 7.82. The largest absolute Gasteiger partial charge is 0.397 e. The van der Waals surface area contributed by atoms with Crippen LogP contribution in [0.1, 0.15) is 17.3 Å². The fourth-order valence-corrected chi connectivity index (χ4v) is 1.97. The predicted molar refractivity (Wildman–Crippen MR) is 93.4 cm³/mol. The standard InChI is InChI=1S/C17H17N5O3/c1-10(23)15(17(25)20-12-5-3-2-4-6-12)22-21-14-8-7-11(16(19)24)9-13(14)18/h2-9,15H,18H2,1H3,(H2,19,24)(H,20,25). The van der Waals surface area contributed by atoms with Gasteiger partial charge in [0.05, 0.1) is 5.69 Å². The average Bonchev–Trinajstić information content (AvgIpc) is 2.56. The maximum absolute atomic E-state index is 12.2. The lowest BCUT2D eigenvalue weighted by molar-refractivity contribution is -0.126. The molecule has 8 nitrogen and oxygen atoms in total. The highest BCUT2D eigenvalue weighted by Gasteiger charge is 2.23. The van der Waals surface area contributed by atoms with E-state index in [9.17, 15) is 14.4 Å². The minimum Gasteiger partial charge on any atom is -0.397 e. The zero-order chi connectivity index (χ0) is 18.4. The molecule has 1 atom stereocenters. The monoisotopic (exact) mass is 339 g/mol. The molecule has 2 rings (SSSR count). The first kappa shape index (κ1) is 17.8. The van der Waals surface area contributed by atoms with Gasteiger partial charge in [-0.3, -0.25) is 14.4 Å². The molecular formula is C17H17N5O3. The Bertz CT molecular complexity index is 833. The number of hydrogen-bond donors (Lipinski definition) is 3. The minimum absolute atomic E-state index is 0.158. The van der Waals surface area contributed by atoms with Crippen LogP contribution in [0.3, 0.4) is 0 Å². The molecule has 1 unspecified atom stereocenters. The lowest BCUT2D eigenvalue weighted by atomic mass is 10.1. The number of ketones is 1. The summed E-state index contributed by atoms with van der Waals surface area (Å²) < 4.78 is 0. The Hall–Kier alpha value is -3.55. The summed E-state index contributed by atoms with van der Waals surface area (Å²) in [5, 5.41) is 10.2. The van der Waals surface area contributed by atoms with E-state index in [4.69, 9.17) is 11.5 Å². The molecule has 0 saturated carbocycles. The molecule has 8 heteroatoms. The smallest absolute Gasteiger partial charge is 0.258 e. The third-order valence-corrected chi connectivity index (χ3v) is 3.27.